The number of carbonyl (C=O) groups is 2. The minimum absolute atomic E-state index is 0.0684. The van der Waals surface area contributed by atoms with Crippen molar-refractivity contribution in [1.29, 1.82) is 0 Å². The van der Waals surface area contributed by atoms with Gasteiger partial charge in [-0.1, -0.05) is 37.3 Å². The number of amides is 2. The molecule has 1 unspecified atom stereocenters. The number of aromatic nitrogens is 1. The van der Waals surface area contributed by atoms with Gasteiger partial charge in [-0.3, -0.25) is 9.59 Å². The van der Waals surface area contributed by atoms with E-state index in [1.807, 2.05) is 49.6 Å². The van der Waals surface area contributed by atoms with Gasteiger partial charge in [0.15, 0.2) is 6.17 Å². The van der Waals surface area contributed by atoms with Crippen LogP contribution in [0.2, 0.25) is 0 Å². The third-order valence-corrected chi connectivity index (χ3v) is 4.99. The van der Waals surface area contributed by atoms with Gasteiger partial charge in [-0.25, -0.2) is 4.98 Å². The molecule has 2 amide bonds. The first kappa shape index (κ1) is 17.2. The zero-order valence-electron chi connectivity index (χ0n) is 14.1. The highest BCUT2D eigenvalue weighted by atomic mass is 32.1. The molecule has 0 spiro atoms. The van der Waals surface area contributed by atoms with Crippen LogP contribution in [0.3, 0.4) is 0 Å². The second-order valence-electron chi connectivity index (χ2n) is 5.80. The molecule has 0 saturated carbocycles. The first-order chi connectivity index (χ1) is 12.1. The molecule has 2 atom stereocenters. The van der Waals surface area contributed by atoms with E-state index >= 15 is 0 Å². The lowest BCUT2D eigenvalue weighted by Gasteiger charge is -2.24. The molecule has 1 aromatic heterocycles. The lowest BCUT2D eigenvalue weighted by Crippen LogP contribution is -2.45. The Kier molecular flexibility index (Phi) is 5.14. The summed E-state index contributed by atoms with van der Waals surface area (Å²) in [5.74, 6) is -0.800. The minimum Gasteiger partial charge on any atom is -0.365 e. The standard InChI is InChI=1S/C18H20N4O2S/c1-3-14(12-7-5-4-6-8-12)21-16(23)13-9-19-15(22-17(13)24)18-20-11(2)10-25-18/h4-10,14-15,19H,3H2,1-2H3,(H,21,23)(H,22,24)/t14-,15?/m0/s1. The zero-order valence-corrected chi connectivity index (χ0v) is 14.9. The van der Waals surface area contributed by atoms with E-state index in [9.17, 15) is 9.59 Å². The van der Waals surface area contributed by atoms with Crippen molar-refractivity contribution in [3.8, 4) is 0 Å². The lowest BCUT2D eigenvalue weighted by atomic mass is 10.0. The summed E-state index contributed by atoms with van der Waals surface area (Å²) in [5, 5.41) is 11.4. The van der Waals surface area contributed by atoms with Gasteiger partial charge in [0.1, 0.15) is 10.6 Å². The Morgan fingerprint density at radius 3 is 2.72 bits per heavy atom. The van der Waals surface area contributed by atoms with Gasteiger partial charge in [0.25, 0.3) is 11.8 Å². The summed E-state index contributed by atoms with van der Waals surface area (Å²) in [5.41, 5.74) is 1.98. The molecule has 1 aromatic carbocycles. The highest BCUT2D eigenvalue weighted by molar-refractivity contribution is 7.09. The molecule has 3 rings (SSSR count). The van der Waals surface area contributed by atoms with Gasteiger partial charge < -0.3 is 16.0 Å². The summed E-state index contributed by atoms with van der Waals surface area (Å²) in [6.45, 7) is 3.89. The van der Waals surface area contributed by atoms with Gasteiger partial charge in [-0.05, 0) is 18.9 Å². The fourth-order valence-corrected chi connectivity index (χ4v) is 3.44. The molecule has 7 heteroatoms. The van der Waals surface area contributed by atoms with Crippen molar-refractivity contribution in [1.82, 2.24) is 20.9 Å². The maximum absolute atomic E-state index is 12.5. The largest absolute Gasteiger partial charge is 0.365 e. The van der Waals surface area contributed by atoms with Crippen LogP contribution in [-0.2, 0) is 9.59 Å². The second-order valence-corrected chi connectivity index (χ2v) is 6.69. The molecule has 6 nitrogen and oxygen atoms in total. The molecule has 0 fully saturated rings. The van der Waals surface area contributed by atoms with Gasteiger partial charge in [0.2, 0.25) is 0 Å². The van der Waals surface area contributed by atoms with Crippen LogP contribution in [0.15, 0.2) is 47.5 Å². The van der Waals surface area contributed by atoms with E-state index in [4.69, 9.17) is 0 Å². The average Bonchev–Trinajstić information content (AvgIpc) is 3.06. The van der Waals surface area contributed by atoms with Crippen LogP contribution in [0.1, 0.15) is 41.8 Å². The van der Waals surface area contributed by atoms with Crippen LogP contribution < -0.4 is 16.0 Å². The van der Waals surface area contributed by atoms with Crippen molar-refractivity contribution in [3.63, 3.8) is 0 Å². The minimum atomic E-state index is -0.406. The fourth-order valence-electron chi connectivity index (χ4n) is 2.63. The highest BCUT2D eigenvalue weighted by Gasteiger charge is 2.28. The number of benzene rings is 1. The van der Waals surface area contributed by atoms with E-state index in [1.54, 1.807) is 0 Å². The third kappa shape index (κ3) is 3.88. The number of aryl methyl sites for hydroxylation is 1. The van der Waals surface area contributed by atoms with E-state index in [-0.39, 0.29) is 11.6 Å². The maximum atomic E-state index is 12.5. The molecule has 1 aliphatic rings. The smallest absolute Gasteiger partial charge is 0.260 e. The van der Waals surface area contributed by atoms with Gasteiger partial charge in [0, 0.05) is 17.3 Å². The van der Waals surface area contributed by atoms with E-state index in [1.165, 1.54) is 17.5 Å². The van der Waals surface area contributed by atoms with Crippen LogP contribution in [-0.4, -0.2) is 16.8 Å². The quantitative estimate of drug-likeness (QED) is 0.718. The number of hydrogen-bond donors (Lipinski definition) is 3. The number of carbonyl (C=O) groups excluding carboxylic acids is 2. The molecule has 0 saturated heterocycles. The Hall–Kier alpha value is -2.67. The zero-order chi connectivity index (χ0) is 17.8. The topological polar surface area (TPSA) is 83.1 Å². The number of hydrogen-bond acceptors (Lipinski definition) is 5. The van der Waals surface area contributed by atoms with Crippen molar-refractivity contribution in [2.75, 3.05) is 0 Å². The van der Waals surface area contributed by atoms with Gasteiger partial charge in [-0.2, -0.15) is 0 Å². The lowest BCUT2D eigenvalue weighted by molar-refractivity contribution is -0.125. The molecular formula is C18H20N4O2S. The van der Waals surface area contributed by atoms with E-state index in [0.29, 0.717) is 0 Å². The Morgan fingerprint density at radius 1 is 1.36 bits per heavy atom. The molecule has 0 radical (unpaired) electrons. The summed E-state index contributed by atoms with van der Waals surface area (Å²) in [6, 6.07) is 9.57. The van der Waals surface area contributed by atoms with E-state index < -0.39 is 18.0 Å². The molecule has 130 valence electrons. The first-order valence-corrected chi connectivity index (χ1v) is 9.01. The SMILES string of the molecule is CC[C@H](NC(=O)C1=CNC(c2nc(C)cs2)NC1=O)c1ccccc1. The predicted molar refractivity (Wildman–Crippen MR) is 96.6 cm³/mol. The normalized spacial score (nSPS) is 17.9. The molecule has 25 heavy (non-hydrogen) atoms. The molecule has 3 N–H and O–H groups in total. The van der Waals surface area contributed by atoms with Crippen molar-refractivity contribution in [2.45, 2.75) is 32.5 Å². The monoisotopic (exact) mass is 356 g/mol. The number of rotatable bonds is 5. The summed E-state index contributed by atoms with van der Waals surface area (Å²) in [6.07, 6.45) is 1.80. The maximum Gasteiger partial charge on any atom is 0.260 e. The van der Waals surface area contributed by atoms with Gasteiger partial charge in [0.05, 0.1) is 6.04 Å². The Bertz CT molecular complexity index is 800. The van der Waals surface area contributed by atoms with Crippen LogP contribution in [0.4, 0.5) is 0 Å². The Morgan fingerprint density at radius 2 is 2.12 bits per heavy atom. The molecule has 0 aliphatic carbocycles. The summed E-state index contributed by atoms with van der Waals surface area (Å²) in [7, 11) is 0. The Labute approximate surface area is 150 Å². The highest BCUT2D eigenvalue weighted by Crippen LogP contribution is 2.20. The van der Waals surface area contributed by atoms with Crippen molar-refractivity contribution < 1.29 is 9.59 Å². The van der Waals surface area contributed by atoms with E-state index in [0.717, 1.165) is 22.7 Å². The fraction of sp³-hybridized carbons (Fsp3) is 0.278. The number of nitrogens with one attached hydrogen (secondary N) is 3. The van der Waals surface area contributed by atoms with Crippen LogP contribution in [0.25, 0.3) is 0 Å². The number of nitrogens with zero attached hydrogens (tertiary/aromatic N) is 1. The molecule has 1 aliphatic heterocycles. The summed E-state index contributed by atoms with van der Waals surface area (Å²) < 4.78 is 0. The van der Waals surface area contributed by atoms with Crippen LogP contribution in [0, 0.1) is 6.92 Å². The molecule has 2 aromatic rings. The predicted octanol–water partition coefficient (Wildman–Crippen LogP) is 2.32. The van der Waals surface area contributed by atoms with Crippen molar-refractivity contribution >= 4 is 23.2 Å². The summed E-state index contributed by atoms with van der Waals surface area (Å²) in [4.78, 5) is 29.2. The molecular weight excluding hydrogens is 336 g/mol. The molecule has 0 bridgehead atoms. The first-order valence-electron chi connectivity index (χ1n) is 8.13. The third-order valence-electron chi connectivity index (χ3n) is 3.96. The van der Waals surface area contributed by atoms with Gasteiger partial charge in [-0.15, -0.1) is 11.3 Å². The van der Waals surface area contributed by atoms with E-state index in [2.05, 4.69) is 20.9 Å². The van der Waals surface area contributed by atoms with Crippen molar-refractivity contribution in [3.05, 3.63) is 63.7 Å². The molecule has 2 heterocycles. The second kappa shape index (κ2) is 7.48. The summed E-state index contributed by atoms with van der Waals surface area (Å²) >= 11 is 1.46. The van der Waals surface area contributed by atoms with Crippen LogP contribution in [0.5, 0.6) is 0 Å². The van der Waals surface area contributed by atoms with Crippen LogP contribution >= 0.6 is 11.3 Å². The van der Waals surface area contributed by atoms with Crippen molar-refractivity contribution in [2.24, 2.45) is 0 Å². The number of thiazole rings is 1. The Balaban J connectivity index is 1.70. The average molecular weight is 356 g/mol. The van der Waals surface area contributed by atoms with Gasteiger partial charge >= 0.3 is 0 Å².